The first kappa shape index (κ1) is 14.0. The monoisotopic (exact) mass is 382 g/mol. The maximum absolute atomic E-state index is 12.2. The molecule has 0 spiro atoms. The number of hydrogen-bond donors (Lipinski definition) is 1. The van der Waals surface area contributed by atoms with Crippen molar-refractivity contribution in [2.24, 2.45) is 0 Å². The molecule has 5 heteroatoms. The number of aryl methyl sites for hydroxylation is 1. The van der Waals surface area contributed by atoms with E-state index < -0.39 is 0 Å². The van der Waals surface area contributed by atoms with Crippen molar-refractivity contribution in [3.05, 3.63) is 49.4 Å². The number of nitrogens with one attached hydrogen (secondary N) is 1. The fourth-order valence-electron chi connectivity index (χ4n) is 1.67. The van der Waals surface area contributed by atoms with Crippen LogP contribution in [0.5, 0.6) is 0 Å². The molecule has 2 aromatic rings. The molecular weight excluding hydrogens is 371 g/mol. The molecule has 0 saturated heterocycles. The van der Waals surface area contributed by atoms with Gasteiger partial charge < -0.3 is 5.32 Å². The summed E-state index contributed by atoms with van der Waals surface area (Å²) in [6.07, 6.45) is 0. The van der Waals surface area contributed by atoms with Crippen molar-refractivity contribution in [3.8, 4) is 6.07 Å². The molecular formula is C14H11IN2OS. The Balaban J connectivity index is 2.33. The van der Waals surface area contributed by atoms with Crippen molar-refractivity contribution in [3.63, 3.8) is 0 Å². The van der Waals surface area contributed by atoms with Crippen LogP contribution < -0.4 is 5.32 Å². The van der Waals surface area contributed by atoms with Crippen LogP contribution in [0.4, 0.5) is 5.00 Å². The number of anilines is 1. The highest BCUT2D eigenvalue weighted by Crippen LogP contribution is 2.32. The minimum atomic E-state index is -0.178. The Kier molecular flexibility index (Phi) is 4.22. The van der Waals surface area contributed by atoms with Gasteiger partial charge in [-0.25, -0.2) is 0 Å². The van der Waals surface area contributed by atoms with E-state index in [1.807, 2.05) is 32.0 Å². The maximum Gasteiger partial charge on any atom is 0.257 e. The number of nitrogens with zero attached hydrogens (tertiary/aromatic N) is 1. The summed E-state index contributed by atoms with van der Waals surface area (Å²) in [6, 6.07) is 9.52. The summed E-state index contributed by atoms with van der Waals surface area (Å²) in [6.45, 7) is 3.84. The molecule has 19 heavy (non-hydrogen) atoms. The van der Waals surface area contributed by atoms with Crippen molar-refractivity contribution >= 4 is 44.8 Å². The number of amides is 1. The topological polar surface area (TPSA) is 52.9 Å². The van der Waals surface area contributed by atoms with Crippen LogP contribution in [0.1, 0.15) is 26.4 Å². The van der Waals surface area contributed by atoms with Gasteiger partial charge in [0, 0.05) is 8.45 Å². The highest BCUT2D eigenvalue weighted by molar-refractivity contribution is 14.1. The van der Waals surface area contributed by atoms with E-state index in [4.69, 9.17) is 5.26 Å². The van der Waals surface area contributed by atoms with Gasteiger partial charge in [-0.15, -0.1) is 11.3 Å². The zero-order valence-corrected chi connectivity index (χ0v) is 13.4. The van der Waals surface area contributed by atoms with E-state index in [1.54, 1.807) is 6.07 Å². The second-order valence-corrected chi connectivity index (χ2v) is 6.42. The van der Waals surface area contributed by atoms with Crippen molar-refractivity contribution in [1.82, 2.24) is 0 Å². The van der Waals surface area contributed by atoms with Crippen LogP contribution in [-0.4, -0.2) is 5.91 Å². The van der Waals surface area contributed by atoms with Crippen LogP contribution in [-0.2, 0) is 0 Å². The summed E-state index contributed by atoms with van der Waals surface area (Å²) >= 11 is 3.56. The molecule has 3 nitrogen and oxygen atoms in total. The van der Waals surface area contributed by atoms with Crippen molar-refractivity contribution < 1.29 is 4.79 Å². The van der Waals surface area contributed by atoms with Gasteiger partial charge in [0.1, 0.15) is 11.1 Å². The number of carbonyl (C=O) groups excluding carboxylic acids is 1. The maximum atomic E-state index is 12.2. The number of benzene rings is 1. The number of thiophene rings is 1. The van der Waals surface area contributed by atoms with Crippen molar-refractivity contribution in [2.45, 2.75) is 13.8 Å². The molecule has 0 aliphatic heterocycles. The summed E-state index contributed by atoms with van der Waals surface area (Å²) in [4.78, 5) is 13.3. The Morgan fingerprint density at radius 1 is 1.37 bits per heavy atom. The molecule has 0 atom stereocenters. The molecule has 1 aromatic heterocycles. The average molecular weight is 382 g/mol. The standard InChI is InChI=1S/C14H11IN2OS/c1-8-9(2)19-14(11(8)7-16)17-13(18)10-5-3-4-6-12(10)15/h3-6H,1-2H3,(H,17,18). The Morgan fingerprint density at radius 3 is 2.68 bits per heavy atom. The van der Waals surface area contributed by atoms with Crippen molar-refractivity contribution in [2.75, 3.05) is 5.32 Å². The van der Waals surface area contributed by atoms with Crippen LogP contribution in [0.25, 0.3) is 0 Å². The summed E-state index contributed by atoms with van der Waals surface area (Å²) in [7, 11) is 0. The number of hydrogen-bond acceptors (Lipinski definition) is 3. The Morgan fingerprint density at radius 2 is 2.05 bits per heavy atom. The Bertz CT molecular complexity index is 685. The largest absolute Gasteiger partial charge is 0.312 e. The third-order valence-corrected chi connectivity index (χ3v) is 4.91. The van der Waals surface area contributed by atoms with Gasteiger partial charge >= 0.3 is 0 Å². The molecule has 1 N–H and O–H groups in total. The molecule has 0 unspecified atom stereocenters. The molecule has 96 valence electrons. The lowest BCUT2D eigenvalue weighted by Crippen LogP contribution is -2.13. The van der Waals surface area contributed by atoms with Crippen LogP contribution in [0, 0.1) is 28.7 Å². The normalized spacial score (nSPS) is 10.0. The van der Waals surface area contributed by atoms with Crippen LogP contribution >= 0.6 is 33.9 Å². The predicted octanol–water partition coefficient (Wildman–Crippen LogP) is 4.09. The summed E-state index contributed by atoms with van der Waals surface area (Å²) in [5.74, 6) is -0.178. The minimum absolute atomic E-state index is 0.178. The SMILES string of the molecule is Cc1sc(NC(=O)c2ccccc2I)c(C#N)c1C. The second-order valence-electron chi connectivity index (χ2n) is 4.03. The molecule has 0 bridgehead atoms. The smallest absolute Gasteiger partial charge is 0.257 e. The van der Waals surface area contributed by atoms with Gasteiger partial charge in [-0.2, -0.15) is 5.26 Å². The number of halogens is 1. The lowest BCUT2D eigenvalue weighted by atomic mass is 10.2. The summed E-state index contributed by atoms with van der Waals surface area (Å²) in [5, 5.41) is 12.6. The number of nitriles is 1. The molecule has 0 fully saturated rings. The van der Waals surface area contributed by atoms with E-state index in [-0.39, 0.29) is 5.91 Å². The molecule has 1 amide bonds. The zero-order valence-electron chi connectivity index (χ0n) is 10.5. The molecule has 1 aromatic carbocycles. The first-order valence-corrected chi connectivity index (χ1v) is 7.50. The van der Waals surface area contributed by atoms with Crippen LogP contribution in [0.15, 0.2) is 24.3 Å². The van der Waals surface area contributed by atoms with Gasteiger partial charge in [0.15, 0.2) is 0 Å². The van der Waals surface area contributed by atoms with E-state index in [9.17, 15) is 4.79 Å². The first-order chi connectivity index (χ1) is 9.04. The highest BCUT2D eigenvalue weighted by atomic mass is 127. The molecule has 0 saturated carbocycles. The van der Waals surface area contributed by atoms with Crippen LogP contribution in [0.2, 0.25) is 0 Å². The van der Waals surface area contributed by atoms with Gasteiger partial charge in [0.05, 0.1) is 11.1 Å². The fourth-order valence-corrected chi connectivity index (χ4v) is 3.30. The van der Waals surface area contributed by atoms with Gasteiger partial charge in [-0.3, -0.25) is 4.79 Å². The van der Waals surface area contributed by atoms with E-state index >= 15 is 0 Å². The van der Waals surface area contributed by atoms with Gasteiger partial charge in [-0.1, -0.05) is 12.1 Å². The molecule has 0 aliphatic rings. The molecule has 1 heterocycles. The molecule has 2 rings (SSSR count). The third kappa shape index (κ3) is 2.80. The Hall–Kier alpha value is -1.39. The number of rotatable bonds is 2. The average Bonchev–Trinajstić information content (AvgIpc) is 2.64. The highest BCUT2D eigenvalue weighted by Gasteiger charge is 2.16. The quantitative estimate of drug-likeness (QED) is 0.796. The van der Waals surface area contributed by atoms with Gasteiger partial charge in [-0.05, 0) is 54.1 Å². The van der Waals surface area contributed by atoms with Gasteiger partial charge in [0.2, 0.25) is 0 Å². The van der Waals surface area contributed by atoms with Crippen LogP contribution in [0.3, 0.4) is 0 Å². The minimum Gasteiger partial charge on any atom is -0.312 e. The van der Waals surface area contributed by atoms with E-state index in [1.165, 1.54) is 11.3 Å². The predicted molar refractivity (Wildman–Crippen MR) is 85.6 cm³/mol. The molecule has 0 aliphatic carbocycles. The van der Waals surface area contributed by atoms with E-state index in [2.05, 4.69) is 34.0 Å². The van der Waals surface area contributed by atoms with Crippen molar-refractivity contribution in [1.29, 1.82) is 5.26 Å². The summed E-state index contributed by atoms with van der Waals surface area (Å²) in [5.41, 5.74) is 2.11. The zero-order chi connectivity index (χ0) is 14.0. The third-order valence-electron chi connectivity index (χ3n) is 2.84. The fraction of sp³-hybridized carbons (Fsp3) is 0.143. The molecule has 0 radical (unpaired) electrons. The lowest BCUT2D eigenvalue weighted by Gasteiger charge is -2.05. The lowest BCUT2D eigenvalue weighted by molar-refractivity contribution is 0.102. The Labute approximate surface area is 129 Å². The van der Waals surface area contributed by atoms with E-state index in [0.29, 0.717) is 16.1 Å². The van der Waals surface area contributed by atoms with Gasteiger partial charge in [0.25, 0.3) is 5.91 Å². The second kappa shape index (κ2) is 5.72. The number of carbonyl (C=O) groups is 1. The summed E-state index contributed by atoms with van der Waals surface area (Å²) < 4.78 is 0.890. The van der Waals surface area contributed by atoms with E-state index in [0.717, 1.165) is 14.0 Å². The first-order valence-electron chi connectivity index (χ1n) is 5.60.